The molecule has 0 radical (unpaired) electrons. The molecular formula is C15H17NO3. The first-order valence-electron chi connectivity index (χ1n) is 6.08. The van der Waals surface area contributed by atoms with Crippen molar-refractivity contribution in [2.75, 3.05) is 6.54 Å². The van der Waals surface area contributed by atoms with Gasteiger partial charge in [0.2, 0.25) is 6.54 Å². The monoisotopic (exact) mass is 259 g/mol. The predicted octanol–water partition coefficient (Wildman–Crippen LogP) is 2.98. The maximum Gasteiger partial charge on any atom is 0.210 e. The van der Waals surface area contributed by atoms with Crippen LogP contribution in [-0.2, 0) is 4.79 Å². The highest BCUT2D eigenvalue weighted by Gasteiger charge is 2.22. The fraction of sp³-hybridized carbons (Fsp3) is 0.267. The summed E-state index contributed by atoms with van der Waals surface area (Å²) in [7, 11) is 0. The Bertz CT molecular complexity index is 454. The van der Waals surface area contributed by atoms with Gasteiger partial charge in [0.15, 0.2) is 0 Å². The second kappa shape index (κ2) is 7.97. The number of benzene rings is 1. The molecule has 0 N–H and O–H groups in total. The molecule has 0 bridgehead atoms. The van der Waals surface area contributed by atoms with Crippen LogP contribution in [0.4, 0.5) is 0 Å². The highest BCUT2D eigenvalue weighted by molar-refractivity contribution is 5.57. The van der Waals surface area contributed by atoms with E-state index in [4.69, 9.17) is 0 Å². The molecule has 2 atom stereocenters. The fourth-order valence-electron chi connectivity index (χ4n) is 1.83. The number of hydrogen-bond acceptors (Lipinski definition) is 3. The standard InChI is InChI=1S/C15H17NO3/c1-2-6-15(12-17)14(11-16(18)19)10-9-13-7-4-3-5-8-13/h2-5,7-10,12,14-15H,1,6,11H2/b10-9+/t14-,15-/m0/s1. The third-order valence-electron chi connectivity index (χ3n) is 2.86. The third-order valence-corrected chi connectivity index (χ3v) is 2.86. The van der Waals surface area contributed by atoms with Gasteiger partial charge in [-0.2, -0.15) is 0 Å². The van der Waals surface area contributed by atoms with Crippen molar-refractivity contribution in [3.8, 4) is 0 Å². The van der Waals surface area contributed by atoms with E-state index in [1.54, 1.807) is 12.2 Å². The molecular weight excluding hydrogens is 242 g/mol. The van der Waals surface area contributed by atoms with Gasteiger partial charge in [-0.05, 0) is 12.0 Å². The first kappa shape index (κ1) is 14.8. The van der Waals surface area contributed by atoms with Gasteiger partial charge < -0.3 is 4.79 Å². The van der Waals surface area contributed by atoms with Gasteiger partial charge in [-0.25, -0.2) is 0 Å². The number of carbonyl (C=O) groups excluding carboxylic acids is 1. The molecule has 0 aromatic heterocycles. The first-order valence-corrected chi connectivity index (χ1v) is 6.08. The lowest BCUT2D eigenvalue weighted by Crippen LogP contribution is -2.22. The Labute approximate surface area is 112 Å². The fourth-order valence-corrected chi connectivity index (χ4v) is 1.83. The van der Waals surface area contributed by atoms with Crippen LogP contribution in [0.15, 0.2) is 49.1 Å². The molecule has 4 heteroatoms. The summed E-state index contributed by atoms with van der Waals surface area (Å²) in [4.78, 5) is 21.3. The van der Waals surface area contributed by atoms with Crippen molar-refractivity contribution in [2.24, 2.45) is 11.8 Å². The number of aldehydes is 1. The Balaban J connectivity index is 2.84. The average Bonchev–Trinajstić information content (AvgIpc) is 2.42. The lowest BCUT2D eigenvalue weighted by atomic mass is 9.90. The Kier molecular flexibility index (Phi) is 6.22. The quantitative estimate of drug-likeness (QED) is 0.312. The van der Waals surface area contributed by atoms with Crippen molar-refractivity contribution in [1.82, 2.24) is 0 Å². The van der Waals surface area contributed by atoms with Crippen molar-refractivity contribution in [3.63, 3.8) is 0 Å². The second-order valence-electron chi connectivity index (χ2n) is 4.27. The number of hydrogen-bond donors (Lipinski definition) is 0. The van der Waals surface area contributed by atoms with Gasteiger partial charge >= 0.3 is 0 Å². The average molecular weight is 259 g/mol. The molecule has 0 aliphatic heterocycles. The second-order valence-corrected chi connectivity index (χ2v) is 4.27. The van der Waals surface area contributed by atoms with Crippen LogP contribution < -0.4 is 0 Å². The molecule has 0 aliphatic rings. The summed E-state index contributed by atoms with van der Waals surface area (Å²) < 4.78 is 0. The van der Waals surface area contributed by atoms with Crippen molar-refractivity contribution in [3.05, 3.63) is 64.7 Å². The minimum Gasteiger partial charge on any atom is -0.303 e. The van der Waals surface area contributed by atoms with E-state index in [2.05, 4.69) is 6.58 Å². The van der Waals surface area contributed by atoms with Crippen molar-refractivity contribution in [2.45, 2.75) is 6.42 Å². The molecule has 1 aromatic rings. The Morgan fingerprint density at radius 3 is 2.47 bits per heavy atom. The van der Waals surface area contributed by atoms with Gasteiger partial charge in [-0.3, -0.25) is 10.1 Å². The summed E-state index contributed by atoms with van der Waals surface area (Å²) >= 11 is 0. The number of nitrogens with zero attached hydrogens (tertiary/aromatic N) is 1. The normalized spacial score (nSPS) is 13.9. The summed E-state index contributed by atoms with van der Waals surface area (Å²) in [5.74, 6) is -0.812. The molecule has 0 amide bonds. The van der Waals surface area contributed by atoms with Crippen LogP contribution in [0.2, 0.25) is 0 Å². The maximum atomic E-state index is 11.0. The van der Waals surface area contributed by atoms with E-state index in [0.717, 1.165) is 11.8 Å². The van der Waals surface area contributed by atoms with Crippen LogP contribution >= 0.6 is 0 Å². The SMILES string of the molecule is C=CC[C@@H](C=O)[C@@H](/C=C/c1ccccc1)C[N+](=O)[O-]. The molecule has 19 heavy (non-hydrogen) atoms. The number of rotatable bonds is 8. The summed E-state index contributed by atoms with van der Waals surface area (Å²) in [6, 6.07) is 9.50. The molecule has 0 spiro atoms. The molecule has 0 fully saturated rings. The molecule has 4 nitrogen and oxygen atoms in total. The van der Waals surface area contributed by atoms with Crippen LogP contribution in [0.1, 0.15) is 12.0 Å². The predicted molar refractivity (Wildman–Crippen MR) is 75.2 cm³/mol. The zero-order valence-corrected chi connectivity index (χ0v) is 10.6. The van der Waals surface area contributed by atoms with E-state index in [0.29, 0.717) is 6.42 Å². The van der Waals surface area contributed by atoms with E-state index in [1.807, 2.05) is 36.4 Å². The summed E-state index contributed by atoms with van der Waals surface area (Å²) in [5, 5.41) is 10.7. The van der Waals surface area contributed by atoms with E-state index >= 15 is 0 Å². The maximum absolute atomic E-state index is 11.0. The topological polar surface area (TPSA) is 60.2 Å². The Hall–Kier alpha value is -2.23. The van der Waals surface area contributed by atoms with E-state index in [1.165, 1.54) is 0 Å². The lowest BCUT2D eigenvalue weighted by Gasteiger charge is -2.14. The molecule has 0 saturated carbocycles. The molecule has 1 rings (SSSR count). The summed E-state index contributed by atoms with van der Waals surface area (Å²) in [6.45, 7) is 3.33. The smallest absolute Gasteiger partial charge is 0.210 e. The summed E-state index contributed by atoms with van der Waals surface area (Å²) in [5.41, 5.74) is 0.958. The largest absolute Gasteiger partial charge is 0.303 e. The highest BCUT2D eigenvalue weighted by atomic mass is 16.6. The highest BCUT2D eigenvalue weighted by Crippen LogP contribution is 2.18. The molecule has 100 valence electrons. The Morgan fingerprint density at radius 1 is 1.26 bits per heavy atom. The van der Waals surface area contributed by atoms with Gasteiger partial charge in [-0.1, -0.05) is 48.6 Å². The van der Waals surface area contributed by atoms with Crippen LogP contribution in [-0.4, -0.2) is 17.8 Å². The lowest BCUT2D eigenvalue weighted by molar-refractivity contribution is -0.486. The molecule has 0 heterocycles. The van der Waals surface area contributed by atoms with Crippen LogP contribution in [0.25, 0.3) is 6.08 Å². The van der Waals surface area contributed by atoms with Crippen molar-refractivity contribution in [1.29, 1.82) is 0 Å². The number of carbonyl (C=O) groups is 1. The van der Waals surface area contributed by atoms with E-state index in [-0.39, 0.29) is 11.5 Å². The van der Waals surface area contributed by atoms with Gasteiger partial charge in [0.25, 0.3) is 0 Å². The zero-order chi connectivity index (χ0) is 14.1. The molecule has 0 saturated heterocycles. The minimum absolute atomic E-state index is 0.249. The van der Waals surface area contributed by atoms with Crippen molar-refractivity contribution < 1.29 is 9.72 Å². The molecule has 0 unspecified atom stereocenters. The third kappa shape index (κ3) is 5.29. The minimum atomic E-state index is -0.411. The summed E-state index contributed by atoms with van der Waals surface area (Å²) in [6.07, 6.45) is 6.38. The Morgan fingerprint density at radius 2 is 1.95 bits per heavy atom. The first-order chi connectivity index (χ1) is 9.17. The zero-order valence-electron chi connectivity index (χ0n) is 10.6. The van der Waals surface area contributed by atoms with Crippen LogP contribution in [0, 0.1) is 22.0 Å². The van der Waals surface area contributed by atoms with Crippen LogP contribution in [0.3, 0.4) is 0 Å². The van der Waals surface area contributed by atoms with Crippen molar-refractivity contribution >= 4 is 12.4 Å². The van der Waals surface area contributed by atoms with Gasteiger partial charge in [0, 0.05) is 10.8 Å². The number of allylic oxidation sites excluding steroid dienone is 1. The van der Waals surface area contributed by atoms with Gasteiger partial charge in [0.05, 0.1) is 5.92 Å². The van der Waals surface area contributed by atoms with E-state index < -0.39 is 11.8 Å². The van der Waals surface area contributed by atoms with Gasteiger partial charge in [-0.15, -0.1) is 6.58 Å². The molecule has 1 aromatic carbocycles. The number of nitro groups is 1. The van der Waals surface area contributed by atoms with E-state index in [9.17, 15) is 14.9 Å². The molecule has 0 aliphatic carbocycles. The van der Waals surface area contributed by atoms with Gasteiger partial charge in [0.1, 0.15) is 6.29 Å². The van der Waals surface area contributed by atoms with Crippen LogP contribution in [0.5, 0.6) is 0 Å².